The van der Waals surface area contributed by atoms with Crippen LogP contribution < -0.4 is 0 Å². The summed E-state index contributed by atoms with van der Waals surface area (Å²) in [6, 6.07) is -0.123. The van der Waals surface area contributed by atoms with Gasteiger partial charge >= 0.3 is 5.97 Å². The first-order valence-corrected chi connectivity index (χ1v) is 7.77. The number of carboxylic acids is 1. The molecule has 3 atom stereocenters. The van der Waals surface area contributed by atoms with Gasteiger partial charge in [-0.15, -0.1) is 0 Å². The Kier molecular flexibility index (Phi) is 4.93. The maximum atomic E-state index is 14.7. The van der Waals surface area contributed by atoms with E-state index in [0.717, 1.165) is 0 Å². The zero-order valence-corrected chi connectivity index (χ0v) is 13.7. The van der Waals surface area contributed by atoms with E-state index in [9.17, 15) is 14.3 Å². The van der Waals surface area contributed by atoms with Crippen molar-refractivity contribution in [1.82, 2.24) is 14.9 Å². The molecule has 1 fully saturated rings. The van der Waals surface area contributed by atoms with Gasteiger partial charge < -0.3 is 5.11 Å². The molecule has 1 saturated heterocycles. The molecule has 1 aliphatic heterocycles. The first kappa shape index (κ1) is 16.3. The number of piperidine rings is 1. The second-order valence-corrected chi connectivity index (χ2v) is 6.63. The van der Waals surface area contributed by atoms with Crippen molar-refractivity contribution in [1.29, 1.82) is 0 Å². The molecule has 1 N–H and O–H groups in total. The molecule has 5 nitrogen and oxygen atoms in total. The Bertz CT molecular complexity index is 513. The lowest BCUT2D eigenvalue weighted by Crippen LogP contribution is -2.49. The first-order chi connectivity index (χ1) is 9.87. The standard InChI is InChI=1S/C14H19BrFN3O2/c1-3-10-6-14(2,13(20)21)4-5-19(10)11(16)12-17-7-9(15)8-18-12/h7-8,10-11H,3-6H2,1-2H3,(H,20,21). The average molecular weight is 360 g/mol. The predicted octanol–water partition coefficient (Wildman–Crippen LogP) is 3.17. The van der Waals surface area contributed by atoms with Crippen LogP contribution in [0.4, 0.5) is 4.39 Å². The second-order valence-electron chi connectivity index (χ2n) is 5.72. The van der Waals surface area contributed by atoms with E-state index in [0.29, 0.717) is 30.3 Å². The van der Waals surface area contributed by atoms with Gasteiger partial charge in [-0.25, -0.2) is 14.4 Å². The topological polar surface area (TPSA) is 66.3 Å². The lowest BCUT2D eigenvalue weighted by Gasteiger charge is -2.43. The fraction of sp³-hybridized carbons (Fsp3) is 0.643. The zero-order chi connectivity index (χ0) is 15.6. The van der Waals surface area contributed by atoms with Crippen molar-refractivity contribution in [3.05, 3.63) is 22.7 Å². The van der Waals surface area contributed by atoms with Crippen LogP contribution in [0.3, 0.4) is 0 Å². The van der Waals surface area contributed by atoms with Crippen molar-refractivity contribution in [2.45, 2.75) is 45.4 Å². The van der Waals surface area contributed by atoms with E-state index in [4.69, 9.17) is 0 Å². The highest BCUT2D eigenvalue weighted by Crippen LogP contribution is 2.39. The summed E-state index contributed by atoms with van der Waals surface area (Å²) < 4.78 is 15.4. The average Bonchev–Trinajstić information content (AvgIpc) is 2.47. The summed E-state index contributed by atoms with van der Waals surface area (Å²) in [7, 11) is 0. The van der Waals surface area contributed by atoms with Crippen molar-refractivity contribution in [3.63, 3.8) is 0 Å². The molecule has 1 aromatic rings. The minimum Gasteiger partial charge on any atom is -0.481 e. The molecular weight excluding hydrogens is 341 g/mol. The van der Waals surface area contributed by atoms with Crippen LogP contribution in [0.25, 0.3) is 0 Å². The van der Waals surface area contributed by atoms with E-state index in [1.54, 1.807) is 11.8 Å². The molecule has 2 rings (SSSR count). The lowest BCUT2D eigenvalue weighted by atomic mass is 9.76. The Morgan fingerprint density at radius 3 is 2.76 bits per heavy atom. The third kappa shape index (κ3) is 3.40. The normalized spacial score (nSPS) is 28.3. The summed E-state index contributed by atoms with van der Waals surface area (Å²) in [4.78, 5) is 21.1. The van der Waals surface area contributed by atoms with Gasteiger partial charge in [0.2, 0.25) is 6.30 Å². The van der Waals surface area contributed by atoms with Crippen LogP contribution in [0.15, 0.2) is 16.9 Å². The monoisotopic (exact) mass is 359 g/mol. The zero-order valence-electron chi connectivity index (χ0n) is 12.1. The molecule has 0 aliphatic carbocycles. The van der Waals surface area contributed by atoms with Crippen LogP contribution in [0.5, 0.6) is 0 Å². The number of nitrogens with zero attached hydrogens (tertiary/aromatic N) is 3. The Hall–Kier alpha value is -1.08. The molecule has 0 saturated carbocycles. The van der Waals surface area contributed by atoms with Crippen LogP contribution >= 0.6 is 15.9 Å². The van der Waals surface area contributed by atoms with Gasteiger partial charge in [-0.2, -0.15) is 0 Å². The van der Waals surface area contributed by atoms with Crippen molar-refractivity contribution in [2.24, 2.45) is 5.41 Å². The molecular formula is C14H19BrFN3O2. The SMILES string of the molecule is CCC1CC(C)(C(=O)O)CCN1C(F)c1ncc(Br)cn1. The van der Waals surface area contributed by atoms with E-state index >= 15 is 0 Å². The fourth-order valence-corrected chi connectivity index (χ4v) is 2.97. The summed E-state index contributed by atoms with van der Waals surface area (Å²) in [6.45, 7) is 4.07. The molecule has 21 heavy (non-hydrogen) atoms. The molecule has 2 heterocycles. The van der Waals surface area contributed by atoms with Crippen molar-refractivity contribution < 1.29 is 14.3 Å². The summed E-state index contributed by atoms with van der Waals surface area (Å²) in [5.74, 6) is -0.688. The van der Waals surface area contributed by atoms with Crippen LogP contribution in [0.1, 0.15) is 45.2 Å². The van der Waals surface area contributed by atoms with Crippen LogP contribution in [0, 0.1) is 5.41 Å². The molecule has 1 aromatic heterocycles. The third-order valence-corrected chi connectivity index (χ3v) is 4.62. The van der Waals surface area contributed by atoms with Crippen LogP contribution in [-0.4, -0.2) is 38.5 Å². The van der Waals surface area contributed by atoms with Crippen molar-refractivity contribution in [2.75, 3.05) is 6.54 Å². The summed E-state index contributed by atoms with van der Waals surface area (Å²) in [5, 5.41) is 9.34. The molecule has 0 spiro atoms. The summed E-state index contributed by atoms with van der Waals surface area (Å²) in [6.07, 6.45) is 3.19. The van der Waals surface area contributed by atoms with E-state index in [2.05, 4.69) is 25.9 Å². The minimum atomic E-state index is -1.40. The van der Waals surface area contributed by atoms with Gasteiger partial charge in [0.05, 0.1) is 9.89 Å². The minimum absolute atomic E-state index is 0.121. The molecule has 7 heteroatoms. The number of aromatic nitrogens is 2. The van der Waals surface area contributed by atoms with Gasteiger partial charge in [0.25, 0.3) is 0 Å². The second kappa shape index (κ2) is 6.36. The fourth-order valence-electron chi connectivity index (χ4n) is 2.76. The van der Waals surface area contributed by atoms with Crippen molar-refractivity contribution in [3.8, 4) is 0 Å². The largest absolute Gasteiger partial charge is 0.481 e. The number of rotatable bonds is 4. The van der Waals surface area contributed by atoms with Gasteiger partial charge in [-0.3, -0.25) is 9.69 Å². The Morgan fingerprint density at radius 2 is 2.24 bits per heavy atom. The number of hydrogen-bond acceptors (Lipinski definition) is 4. The molecule has 1 aliphatic rings. The summed E-state index contributed by atoms with van der Waals surface area (Å²) in [5.41, 5.74) is -0.780. The highest BCUT2D eigenvalue weighted by molar-refractivity contribution is 9.10. The first-order valence-electron chi connectivity index (χ1n) is 6.98. The summed E-state index contributed by atoms with van der Waals surface area (Å²) >= 11 is 3.22. The van der Waals surface area contributed by atoms with E-state index in [-0.39, 0.29) is 11.9 Å². The van der Waals surface area contributed by atoms with E-state index in [1.807, 2.05) is 6.92 Å². The Morgan fingerprint density at radius 1 is 1.62 bits per heavy atom. The molecule has 0 aromatic carbocycles. The molecule has 0 bridgehead atoms. The highest BCUT2D eigenvalue weighted by atomic mass is 79.9. The predicted molar refractivity (Wildman–Crippen MR) is 79.3 cm³/mol. The molecule has 3 unspecified atom stereocenters. The molecule has 116 valence electrons. The number of hydrogen-bond donors (Lipinski definition) is 1. The number of aliphatic carboxylic acids is 1. The van der Waals surface area contributed by atoms with Gasteiger partial charge in [-0.1, -0.05) is 6.92 Å². The Balaban J connectivity index is 2.16. The number of carbonyl (C=O) groups is 1. The van der Waals surface area contributed by atoms with Gasteiger partial charge in [0.15, 0.2) is 5.82 Å². The number of likely N-dealkylation sites (tertiary alicyclic amines) is 1. The van der Waals surface area contributed by atoms with E-state index < -0.39 is 17.7 Å². The Labute approximate surface area is 131 Å². The van der Waals surface area contributed by atoms with Gasteiger partial charge in [0, 0.05) is 25.0 Å². The number of halogens is 2. The van der Waals surface area contributed by atoms with Crippen LogP contribution in [-0.2, 0) is 4.79 Å². The number of alkyl halides is 1. The highest BCUT2D eigenvalue weighted by Gasteiger charge is 2.43. The molecule has 0 amide bonds. The van der Waals surface area contributed by atoms with E-state index in [1.165, 1.54) is 12.4 Å². The quantitative estimate of drug-likeness (QED) is 0.836. The third-order valence-electron chi connectivity index (χ3n) is 4.21. The van der Waals surface area contributed by atoms with Gasteiger partial charge in [-0.05, 0) is 42.1 Å². The number of carboxylic acid groups (broad SMARTS) is 1. The maximum absolute atomic E-state index is 14.7. The lowest BCUT2D eigenvalue weighted by molar-refractivity contribution is -0.154. The smallest absolute Gasteiger partial charge is 0.309 e. The van der Waals surface area contributed by atoms with Crippen molar-refractivity contribution >= 4 is 21.9 Å². The van der Waals surface area contributed by atoms with Crippen LogP contribution in [0.2, 0.25) is 0 Å². The maximum Gasteiger partial charge on any atom is 0.309 e. The molecule has 0 radical (unpaired) electrons. The van der Waals surface area contributed by atoms with Gasteiger partial charge in [0.1, 0.15) is 0 Å².